The van der Waals surface area contributed by atoms with Gasteiger partial charge in [-0.1, -0.05) is 25.5 Å². The normalized spacial score (nSPS) is 12.1. The molecule has 0 bridgehead atoms. The molecule has 0 aliphatic rings. The van der Waals surface area contributed by atoms with E-state index in [1.807, 2.05) is 0 Å². The average Bonchev–Trinajstić information content (AvgIpc) is 2.29. The molecule has 0 heterocycles. The molecule has 1 atom stereocenters. The third-order valence-corrected chi connectivity index (χ3v) is 3.08. The molecular weight excluding hydrogens is 232 g/mol. The Bertz CT molecular complexity index is 284. The van der Waals surface area contributed by atoms with Crippen LogP contribution >= 0.6 is 0 Å². The molecule has 104 valence electrons. The topological polar surface area (TPSA) is 74.6 Å². The van der Waals surface area contributed by atoms with Gasteiger partial charge in [0.15, 0.2) is 0 Å². The van der Waals surface area contributed by atoms with Crippen molar-refractivity contribution in [2.24, 2.45) is 5.92 Å². The molecule has 0 radical (unpaired) electrons. The van der Waals surface area contributed by atoms with E-state index >= 15 is 0 Å². The van der Waals surface area contributed by atoms with Crippen molar-refractivity contribution in [3.8, 4) is 0 Å². The molecule has 0 fully saturated rings. The van der Waals surface area contributed by atoms with Gasteiger partial charge in [-0.15, -0.1) is 0 Å². The molecule has 0 aliphatic heterocycles. The fourth-order valence-corrected chi connectivity index (χ4v) is 1.96. The van der Waals surface area contributed by atoms with Gasteiger partial charge in [0.1, 0.15) is 0 Å². The van der Waals surface area contributed by atoms with Crippen molar-refractivity contribution in [1.82, 2.24) is 0 Å². The number of carboxylic acid groups (broad SMARTS) is 2. The smallest absolute Gasteiger partial charge is 0.303 e. The molecule has 2 N–H and O–H groups in total. The van der Waals surface area contributed by atoms with Crippen molar-refractivity contribution in [2.75, 3.05) is 0 Å². The Hall–Kier alpha value is -1.32. The van der Waals surface area contributed by atoms with E-state index in [0.29, 0.717) is 12.8 Å². The van der Waals surface area contributed by atoms with Crippen molar-refractivity contribution in [1.29, 1.82) is 0 Å². The zero-order valence-corrected chi connectivity index (χ0v) is 11.2. The number of hydrogen-bond donors (Lipinski definition) is 2. The number of unbranched alkanes of at least 4 members (excludes halogenated alkanes) is 1. The highest BCUT2D eigenvalue weighted by Gasteiger charge is 2.14. The SMILES string of the molecule is C=C(CCCC)C(CCCC(=O)O)CCC(=O)O. The molecule has 0 saturated carbocycles. The number of carbonyl (C=O) groups is 2. The first kappa shape index (κ1) is 16.7. The quantitative estimate of drug-likeness (QED) is 0.555. The van der Waals surface area contributed by atoms with Crippen molar-refractivity contribution >= 4 is 11.9 Å². The van der Waals surface area contributed by atoms with E-state index in [0.717, 1.165) is 31.3 Å². The standard InChI is InChI=1S/C14H24O4/c1-3-4-6-11(2)12(9-10-14(17)18)7-5-8-13(15)16/h12H,2-10H2,1H3,(H,15,16)(H,17,18). The molecule has 0 saturated heterocycles. The van der Waals surface area contributed by atoms with Crippen LogP contribution in [0.2, 0.25) is 0 Å². The van der Waals surface area contributed by atoms with Crippen LogP contribution in [0.4, 0.5) is 0 Å². The molecule has 0 amide bonds. The molecule has 1 unspecified atom stereocenters. The average molecular weight is 256 g/mol. The summed E-state index contributed by atoms with van der Waals surface area (Å²) in [6.45, 7) is 6.13. The van der Waals surface area contributed by atoms with Crippen molar-refractivity contribution in [2.45, 2.75) is 58.3 Å². The third kappa shape index (κ3) is 8.79. The molecule has 0 aromatic rings. The molecule has 4 heteroatoms. The van der Waals surface area contributed by atoms with Crippen LogP contribution in [0.1, 0.15) is 58.3 Å². The Morgan fingerprint density at radius 2 is 1.61 bits per heavy atom. The minimum atomic E-state index is -0.804. The van der Waals surface area contributed by atoms with Crippen LogP contribution in [-0.4, -0.2) is 22.2 Å². The van der Waals surface area contributed by atoms with E-state index in [1.54, 1.807) is 0 Å². The van der Waals surface area contributed by atoms with E-state index in [1.165, 1.54) is 0 Å². The van der Waals surface area contributed by atoms with Gasteiger partial charge in [-0.2, -0.15) is 0 Å². The maximum atomic E-state index is 10.6. The lowest BCUT2D eigenvalue weighted by Crippen LogP contribution is -2.08. The zero-order chi connectivity index (χ0) is 14.0. The van der Waals surface area contributed by atoms with E-state index in [4.69, 9.17) is 10.2 Å². The fraction of sp³-hybridized carbons (Fsp3) is 0.714. The van der Waals surface area contributed by atoms with Crippen LogP contribution in [0.15, 0.2) is 12.2 Å². The molecular formula is C14H24O4. The molecule has 0 rings (SSSR count). The van der Waals surface area contributed by atoms with Gasteiger partial charge in [-0.3, -0.25) is 9.59 Å². The lowest BCUT2D eigenvalue weighted by atomic mass is 9.87. The van der Waals surface area contributed by atoms with Crippen molar-refractivity contribution in [3.05, 3.63) is 12.2 Å². The Balaban J connectivity index is 4.17. The second-order valence-electron chi connectivity index (χ2n) is 4.68. The summed E-state index contributed by atoms with van der Waals surface area (Å²) in [4.78, 5) is 21.1. The van der Waals surface area contributed by atoms with E-state index in [2.05, 4.69) is 13.5 Å². The Morgan fingerprint density at radius 3 is 2.11 bits per heavy atom. The number of allylic oxidation sites excluding steroid dienone is 1. The van der Waals surface area contributed by atoms with Crippen molar-refractivity contribution in [3.63, 3.8) is 0 Å². The summed E-state index contributed by atoms with van der Waals surface area (Å²) in [5, 5.41) is 17.3. The Morgan fingerprint density at radius 1 is 1.00 bits per heavy atom. The number of aliphatic carboxylic acids is 2. The summed E-state index contributed by atoms with van der Waals surface area (Å²) in [5.74, 6) is -1.46. The lowest BCUT2D eigenvalue weighted by molar-refractivity contribution is -0.138. The maximum absolute atomic E-state index is 10.6. The first-order valence-corrected chi connectivity index (χ1v) is 6.58. The molecule has 0 aromatic heterocycles. The largest absolute Gasteiger partial charge is 0.481 e. The number of carboxylic acids is 2. The van der Waals surface area contributed by atoms with E-state index in [-0.39, 0.29) is 18.8 Å². The molecule has 0 spiro atoms. The van der Waals surface area contributed by atoms with Gasteiger partial charge in [0.05, 0.1) is 0 Å². The van der Waals surface area contributed by atoms with Gasteiger partial charge >= 0.3 is 11.9 Å². The highest BCUT2D eigenvalue weighted by Crippen LogP contribution is 2.26. The molecule has 0 aliphatic carbocycles. The van der Waals surface area contributed by atoms with Gasteiger partial charge in [0.2, 0.25) is 0 Å². The first-order valence-electron chi connectivity index (χ1n) is 6.58. The predicted octanol–water partition coefficient (Wildman–Crippen LogP) is 3.47. The summed E-state index contributed by atoms with van der Waals surface area (Å²) in [6, 6.07) is 0. The van der Waals surface area contributed by atoms with Crippen molar-refractivity contribution < 1.29 is 19.8 Å². The van der Waals surface area contributed by atoms with E-state index < -0.39 is 11.9 Å². The third-order valence-electron chi connectivity index (χ3n) is 3.08. The zero-order valence-electron chi connectivity index (χ0n) is 11.2. The Kier molecular flexibility index (Phi) is 8.97. The van der Waals surface area contributed by atoms with Crippen LogP contribution < -0.4 is 0 Å². The minimum Gasteiger partial charge on any atom is -0.481 e. The van der Waals surface area contributed by atoms with Gasteiger partial charge in [0, 0.05) is 12.8 Å². The van der Waals surface area contributed by atoms with Crippen LogP contribution in [0.3, 0.4) is 0 Å². The molecule has 0 aromatic carbocycles. The summed E-state index contributed by atoms with van der Waals surface area (Å²) in [7, 11) is 0. The monoisotopic (exact) mass is 256 g/mol. The maximum Gasteiger partial charge on any atom is 0.303 e. The van der Waals surface area contributed by atoms with Gasteiger partial charge in [-0.25, -0.2) is 0 Å². The van der Waals surface area contributed by atoms with Crippen LogP contribution in [0.5, 0.6) is 0 Å². The van der Waals surface area contributed by atoms with Crippen LogP contribution in [0.25, 0.3) is 0 Å². The second kappa shape index (κ2) is 9.68. The van der Waals surface area contributed by atoms with Crippen LogP contribution in [0, 0.1) is 5.92 Å². The van der Waals surface area contributed by atoms with Gasteiger partial charge < -0.3 is 10.2 Å². The first-order chi connectivity index (χ1) is 8.47. The highest BCUT2D eigenvalue weighted by atomic mass is 16.4. The highest BCUT2D eigenvalue weighted by molar-refractivity contribution is 5.67. The lowest BCUT2D eigenvalue weighted by Gasteiger charge is -2.18. The van der Waals surface area contributed by atoms with Crippen LogP contribution in [-0.2, 0) is 9.59 Å². The fourth-order valence-electron chi connectivity index (χ4n) is 1.96. The Labute approximate surface area is 109 Å². The van der Waals surface area contributed by atoms with Gasteiger partial charge in [-0.05, 0) is 38.0 Å². The molecule has 18 heavy (non-hydrogen) atoms. The summed E-state index contributed by atoms with van der Waals surface area (Å²) < 4.78 is 0. The van der Waals surface area contributed by atoms with E-state index in [9.17, 15) is 9.59 Å². The van der Waals surface area contributed by atoms with Gasteiger partial charge in [0.25, 0.3) is 0 Å². The minimum absolute atomic E-state index is 0.128. The summed E-state index contributed by atoms with van der Waals surface area (Å²) >= 11 is 0. The number of rotatable bonds is 11. The summed E-state index contributed by atoms with van der Waals surface area (Å²) in [5.41, 5.74) is 1.07. The predicted molar refractivity (Wildman–Crippen MR) is 70.5 cm³/mol. The second-order valence-corrected chi connectivity index (χ2v) is 4.68. The summed E-state index contributed by atoms with van der Waals surface area (Å²) in [6.07, 6.45) is 5.20. The number of hydrogen-bond acceptors (Lipinski definition) is 2. The molecule has 4 nitrogen and oxygen atoms in total.